The molecule has 0 spiro atoms. The lowest BCUT2D eigenvalue weighted by molar-refractivity contribution is -0.125. The summed E-state index contributed by atoms with van der Waals surface area (Å²) < 4.78 is 35.4. The van der Waals surface area contributed by atoms with Gasteiger partial charge in [0, 0.05) is 0 Å². The summed E-state index contributed by atoms with van der Waals surface area (Å²) in [7, 11) is 0. The smallest absolute Gasteiger partial charge is 0.308 e. The van der Waals surface area contributed by atoms with E-state index in [4.69, 9.17) is 0 Å². The van der Waals surface area contributed by atoms with Crippen LogP contribution in [0.2, 0.25) is 0 Å². The SMILES string of the molecule is CCCC(CCC)CNCC(F)(F)F. The van der Waals surface area contributed by atoms with Crippen LogP contribution in [0.3, 0.4) is 0 Å². The molecule has 4 heteroatoms. The molecule has 0 amide bonds. The second kappa shape index (κ2) is 7.10. The van der Waals surface area contributed by atoms with Crippen molar-refractivity contribution >= 4 is 0 Å². The lowest BCUT2D eigenvalue weighted by Crippen LogP contribution is -2.32. The van der Waals surface area contributed by atoms with Crippen molar-refractivity contribution in [3.63, 3.8) is 0 Å². The summed E-state index contributed by atoms with van der Waals surface area (Å²) in [6, 6.07) is 0. The normalized spacial score (nSPS) is 12.4. The van der Waals surface area contributed by atoms with Crippen LogP contribution in [0.1, 0.15) is 39.5 Å². The molecular formula is C10H20F3N. The van der Waals surface area contributed by atoms with Gasteiger partial charge < -0.3 is 5.32 Å². The molecule has 0 saturated carbocycles. The van der Waals surface area contributed by atoms with Crippen molar-refractivity contribution in [3.8, 4) is 0 Å². The van der Waals surface area contributed by atoms with Crippen LogP contribution in [0, 0.1) is 5.92 Å². The molecule has 0 fully saturated rings. The molecule has 0 aliphatic carbocycles. The molecule has 0 aromatic rings. The summed E-state index contributed by atoms with van der Waals surface area (Å²) in [5.41, 5.74) is 0. The first-order valence-electron chi connectivity index (χ1n) is 5.27. The third kappa shape index (κ3) is 8.35. The Balaban J connectivity index is 3.60. The van der Waals surface area contributed by atoms with E-state index in [9.17, 15) is 13.2 Å². The number of rotatable bonds is 7. The number of alkyl halides is 3. The molecule has 0 rings (SSSR count). The third-order valence-electron chi connectivity index (χ3n) is 2.15. The largest absolute Gasteiger partial charge is 0.401 e. The maximum atomic E-state index is 11.8. The van der Waals surface area contributed by atoms with E-state index in [2.05, 4.69) is 19.2 Å². The molecule has 1 nitrogen and oxygen atoms in total. The van der Waals surface area contributed by atoms with E-state index in [1.165, 1.54) is 0 Å². The monoisotopic (exact) mass is 211 g/mol. The summed E-state index contributed by atoms with van der Waals surface area (Å²) >= 11 is 0. The number of hydrogen-bond donors (Lipinski definition) is 1. The zero-order valence-electron chi connectivity index (χ0n) is 8.95. The van der Waals surface area contributed by atoms with Crippen LogP contribution in [-0.4, -0.2) is 19.3 Å². The first-order chi connectivity index (χ1) is 6.49. The molecule has 0 aliphatic heterocycles. The molecule has 0 unspecified atom stereocenters. The van der Waals surface area contributed by atoms with E-state index in [1.807, 2.05) is 0 Å². The van der Waals surface area contributed by atoms with E-state index in [0.717, 1.165) is 25.7 Å². The lowest BCUT2D eigenvalue weighted by atomic mass is 9.98. The highest BCUT2D eigenvalue weighted by Gasteiger charge is 2.26. The van der Waals surface area contributed by atoms with E-state index in [0.29, 0.717) is 12.5 Å². The van der Waals surface area contributed by atoms with Gasteiger partial charge in [0.05, 0.1) is 6.54 Å². The Kier molecular flexibility index (Phi) is 6.97. The Hall–Kier alpha value is -0.250. The first-order valence-corrected chi connectivity index (χ1v) is 5.27. The van der Waals surface area contributed by atoms with Crippen LogP contribution in [-0.2, 0) is 0 Å². The summed E-state index contributed by atoms with van der Waals surface area (Å²) in [5, 5.41) is 2.47. The number of hydrogen-bond acceptors (Lipinski definition) is 1. The molecule has 0 heterocycles. The van der Waals surface area contributed by atoms with Gasteiger partial charge in [-0.2, -0.15) is 13.2 Å². The minimum absolute atomic E-state index is 0.396. The van der Waals surface area contributed by atoms with Gasteiger partial charge in [-0.05, 0) is 25.3 Å². The molecule has 0 aliphatic rings. The van der Waals surface area contributed by atoms with E-state index in [1.54, 1.807) is 0 Å². The number of nitrogens with one attached hydrogen (secondary N) is 1. The quantitative estimate of drug-likeness (QED) is 0.681. The summed E-state index contributed by atoms with van der Waals surface area (Å²) in [6.07, 6.45) is 0.0249. The van der Waals surface area contributed by atoms with Crippen LogP contribution in [0.25, 0.3) is 0 Å². The highest BCUT2D eigenvalue weighted by atomic mass is 19.4. The number of halogens is 3. The Labute approximate surface area is 84.1 Å². The van der Waals surface area contributed by atoms with E-state index < -0.39 is 12.7 Å². The van der Waals surface area contributed by atoms with Crippen molar-refractivity contribution in [3.05, 3.63) is 0 Å². The fourth-order valence-electron chi connectivity index (χ4n) is 1.58. The second-order valence-electron chi connectivity index (χ2n) is 3.69. The zero-order chi connectivity index (χ0) is 11.0. The van der Waals surface area contributed by atoms with Crippen molar-refractivity contribution in [1.82, 2.24) is 5.32 Å². The zero-order valence-corrected chi connectivity index (χ0v) is 8.95. The van der Waals surface area contributed by atoms with Gasteiger partial charge in [0.25, 0.3) is 0 Å². The molecular weight excluding hydrogens is 191 g/mol. The van der Waals surface area contributed by atoms with Crippen molar-refractivity contribution in [2.24, 2.45) is 5.92 Å². The second-order valence-corrected chi connectivity index (χ2v) is 3.69. The van der Waals surface area contributed by atoms with Gasteiger partial charge in [0.1, 0.15) is 0 Å². The molecule has 0 aromatic carbocycles. The summed E-state index contributed by atoms with van der Waals surface area (Å²) in [5.74, 6) is 0.396. The van der Waals surface area contributed by atoms with Gasteiger partial charge >= 0.3 is 6.18 Å². The van der Waals surface area contributed by atoms with Crippen LogP contribution < -0.4 is 5.32 Å². The van der Waals surface area contributed by atoms with E-state index in [-0.39, 0.29) is 0 Å². The molecule has 0 bridgehead atoms. The van der Waals surface area contributed by atoms with Crippen molar-refractivity contribution in [1.29, 1.82) is 0 Å². The first kappa shape index (κ1) is 13.8. The third-order valence-corrected chi connectivity index (χ3v) is 2.15. The Morgan fingerprint density at radius 3 is 1.93 bits per heavy atom. The highest BCUT2D eigenvalue weighted by molar-refractivity contribution is 4.63. The van der Waals surface area contributed by atoms with Crippen LogP contribution >= 0.6 is 0 Å². The standard InChI is InChI=1S/C10H20F3N/c1-3-5-9(6-4-2)7-14-8-10(11,12)13/h9,14H,3-8H2,1-2H3. The molecule has 14 heavy (non-hydrogen) atoms. The van der Waals surface area contributed by atoms with Crippen molar-refractivity contribution in [2.75, 3.05) is 13.1 Å². The molecule has 86 valence electrons. The van der Waals surface area contributed by atoms with Gasteiger partial charge in [0.15, 0.2) is 0 Å². The Morgan fingerprint density at radius 2 is 1.57 bits per heavy atom. The summed E-state index contributed by atoms with van der Waals surface area (Å²) in [6.45, 7) is 3.75. The maximum Gasteiger partial charge on any atom is 0.401 e. The average molecular weight is 211 g/mol. The topological polar surface area (TPSA) is 12.0 Å². The van der Waals surface area contributed by atoms with Gasteiger partial charge in [-0.15, -0.1) is 0 Å². The molecule has 0 aromatic heterocycles. The minimum atomic E-state index is -4.08. The van der Waals surface area contributed by atoms with E-state index >= 15 is 0 Å². The molecule has 0 saturated heterocycles. The molecule has 0 radical (unpaired) electrons. The van der Waals surface area contributed by atoms with Gasteiger partial charge in [-0.1, -0.05) is 26.7 Å². The summed E-state index contributed by atoms with van der Waals surface area (Å²) in [4.78, 5) is 0. The Morgan fingerprint density at radius 1 is 1.07 bits per heavy atom. The van der Waals surface area contributed by atoms with Crippen molar-refractivity contribution < 1.29 is 13.2 Å². The van der Waals surface area contributed by atoms with Gasteiger partial charge in [0.2, 0.25) is 0 Å². The lowest BCUT2D eigenvalue weighted by Gasteiger charge is -2.16. The van der Waals surface area contributed by atoms with Crippen LogP contribution in [0.4, 0.5) is 13.2 Å². The fourth-order valence-corrected chi connectivity index (χ4v) is 1.58. The predicted octanol–water partition coefficient (Wildman–Crippen LogP) is 3.35. The predicted molar refractivity (Wildman–Crippen MR) is 52.2 cm³/mol. The molecule has 0 atom stereocenters. The average Bonchev–Trinajstić information content (AvgIpc) is 2.02. The highest BCUT2D eigenvalue weighted by Crippen LogP contribution is 2.15. The minimum Gasteiger partial charge on any atom is -0.308 e. The van der Waals surface area contributed by atoms with Gasteiger partial charge in [-0.3, -0.25) is 0 Å². The Bertz CT molecular complexity index is 128. The van der Waals surface area contributed by atoms with Crippen molar-refractivity contribution in [2.45, 2.75) is 45.7 Å². The van der Waals surface area contributed by atoms with Crippen LogP contribution in [0.15, 0.2) is 0 Å². The van der Waals surface area contributed by atoms with Gasteiger partial charge in [-0.25, -0.2) is 0 Å². The van der Waals surface area contributed by atoms with Crippen LogP contribution in [0.5, 0.6) is 0 Å². The molecule has 1 N–H and O–H groups in total. The fraction of sp³-hybridized carbons (Fsp3) is 1.00. The maximum absolute atomic E-state index is 11.8.